The zero-order valence-corrected chi connectivity index (χ0v) is 11.7. The van der Waals surface area contributed by atoms with Crippen molar-refractivity contribution in [3.8, 4) is 0 Å². The molecule has 0 spiro atoms. The summed E-state index contributed by atoms with van der Waals surface area (Å²) in [5.74, 6) is 0.744. The number of nitrogens with one attached hydrogen (secondary N) is 1. The van der Waals surface area contributed by atoms with E-state index in [1.54, 1.807) is 0 Å². The van der Waals surface area contributed by atoms with Gasteiger partial charge < -0.3 is 5.32 Å². The predicted octanol–water partition coefficient (Wildman–Crippen LogP) is 2.74. The van der Waals surface area contributed by atoms with E-state index in [1.165, 1.54) is 6.54 Å². The molecule has 2 nitrogen and oxygen atoms in total. The lowest BCUT2D eigenvalue weighted by Crippen LogP contribution is -2.47. The molecule has 1 unspecified atom stereocenters. The lowest BCUT2D eigenvalue weighted by Gasteiger charge is -2.34. The van der Waals surface area contributed by atoms with Crippen molar-refractivity contribution in [1.29, 1.82) is 0 Å². The zero-order chi connectivity index (χ0) is 12.0. The van der Waals surface area contributed by atoms with Gasteiger partial charge in [-0.25, -0.2) is 0 Å². The molecule has 0 radical (unpaired) electrons. The van der Waals surface area contributed by atoms with E-state index in [9.17, 15) is 0 Å². The average Bonchev–Trinajstić information content (AvgIpc) is 2.09. The number of hydrogen-bond acceptors (Lipinski definition) is 2. The lowest BCUT2D eigenvalue weighted by molar-refractivity contribution is 0.141. The van der Waals surface area contributed by atoms with Crippen molar-refractivity contribution in [2.24, 2.45) is 5.92 Å². The molecular formula is C13H30N2. The molecule has 0 saturated carbocycles. The third-order valence-corrected chi connectivity index (χ3v) is 2.63. The minimum atomic E-state index is 0.584. The van der Waals surface area contributed by atoms with Crippen LogP contribution in [0.3, 0.4) is 0 Å². The molecule has 1 atom stereocenters. The molecule has 0 fully saturated rings. The van der Waals surface area contributed by atoms with Gasteiger partial charge >= 0.3 is 0 Å². The van der Waals surface area contributed by atoms with E-state index < -0.39 is 0 Å². The van der Waals surface area contributed by atoms with Crippen molar-refractivity contribution in [2.45, 2.75) is 66.6 Å². The average molecular weight is 214 g/mol. The van der Waals surface area contributed by atoms with Crippen LogP contribution in [-0.2, 0) is 0 Å². The Kier molecular flexibility index (Phi) is 7.20. The van der Waals surface area contributed by atoms with E-state index in [0.717, 1.165) is 12.5 Å². The Morgan fingerprint density at radius 2 is 1.47 bits per heavy atom. The van der Waals surface area contributed by atoms with Crippen molar-refractivity contribution in [3.05, 3.63) is 0 Å². The van der Waals surface area contributed by atoms with Crippen LogP contribution >= 0.6 is 0 Å². The Bertz CT molecular complexity index is 153. The molecule has 0 aromatic carbocycles. The Balaban J connectivity index is 4.10. The molecule has 0 amide bonds. The standard InChI is InChI=1S/C13H30N2/c1-10(2)9-15(12(5)6)13(7)8-14-11(3)4/h10-14H,8-9H2,1-7H3. The van der Waals surface area contributed by atoms with Gasteiger partial charge in [-0.3, -0.25) is 4.90 Å². The summed E-state index contributed by atoms with van der Waals surface area (Å²) in [6.45, 7) is 18.2. The fourth-order valence-corrected chi connectivity index (χ4v) is 1.84. The van der Waals surface area contributed by atoms with Crippen molar-refractivity contribution in [3.63, 3.8) is 0 Å². The molecular weight excluding hydrogens is 184 g/mol. The summed E-state index contributed by atoms with van der Waals surface area (Å²) in [7, 11) is 0. The largest absolute Gasteiger partial charge is 0.313 e. The van der Waals surface area contributed by atoms with Gasteiger partial charge in [0.1, 0.15) is 0 Å². The minimum Gasteiger partial charge on any atom is -0.313 e. The van der Waals surface area contributed by atoms with Crippen LogP contribution in [0.15, 0.2) is 0 Å². The maximum Gasteiger partial charge on any atom is 0.0195 e. The fourth-order valence-electron chi connectivity index (χ4n) is 1.84. The Morgan fingerprint density at radius 1 is 0.933 bits per heavy atom. The van der Waals surface area contributed by atoms with Crippen molar-refractivity contribution in [1.82, 2.24) is 10.2 Å². The summed E-state index contributed by atoms with van der Waals surface area (Å²) < 4.78 is 0. The van der Waals surface area contributed by atoms with Crippen LogP contribution in [0.1, 0.15) is 48.5 Å². The quantitative estimate of drug-likeness (QED) is 0.701. The first-order chi connectivity index (χ1) is 6.84. The highest BCUT2D eigenvalue weighted by Crippen LogP contribution is 2.08. The minimum absolute atomic E-state index is 0.584. The Hall–Kier alpha value is -0.0800. The van der Waals surface area contributed by atoms with Gasteiger partial charge in [-0.2, -0.15) is 0 Å². The highest BCUT2D eigenvalue weighted by molar-refractivity contribution is 4.74. The molecule has 92 valence electrons. The van der Waals surface area contributed by atoms with E-state index in [0.29, 0.717) is 18.1 Å². The van der Waals surface area contributed by atoms with E-state index in [2.05, 4.69) is 58.7 Å². The predicted molar refractivity (Wildman–Crippen MR) is 69.3 cm³/mol. The second-order valence-electron chi connectivity index (χ2n) is 5.60. The van der Waals surface area contributed by atoms with Gasteiger partial charge in [0.25, 0.3) is 0 Å². The Morgan fingerprint density at radius 3 is 1.80 bits per heavy atom. The maximum absolute atomic E-state index is 3.51. The molecule has 2 heteroatoms. The molecule has 0 aliphatic carbocycles. The van der Waals surface area contributed by atoms with Crippen LogP contribution in [0.5, 0.6) is 0 Å². The SMILES string of the molecule is CC(C)CN(C(C)C)C(C)CNC(C)C. The van der Waals surface area contributed by atoms with Gasteiger partial charge in [0.2, 0.25) is 0 Å². The molecule has 0 aromatic heterocycles. The zero-order valence-electron chi connectivity index (χ0n) is 11.7. The monoisotopic (exact) mass is 214 g/mol. The fraction of sp³-hybridized carbons (Fsp3) is 1.00. The lowest BCUT2D eigenvalue weighted by atomic mass is 10.1. The number of rotatable bonds is 7. The first-order valence-electron chi connectivity index (χ1n) is 6.33. The molecule has 0 saturated heterocycles. The molecule has 1 N–H and O–H groups in total. The van der Waals surface area contributed by atoms with Crippen LogP contribution in [0, 0.1) is 5.92 Å². The molecule has 0 heterocycles. The number of nitrogens with zero attached hydrogens (tertiary/aromatic N) is 1. The van der Waals surface area contributed by atoms with Crippen molar-refractivity contribution < 1.29 is 0 Å². The first-order valence-corrected chi connectivity index (χ1v) is 6.33. The summed E-state index contributed by atoms with van der Waals surface area (Å²) in [5, 5.41) is 3.51. The topological polar surface area (TPSA) is 15.3 Å². The van der Waals surface area contributed by atoms with Crippen molar-refractivity contribution in [2.75, 3.05) is 13.1 Å². The maximum atomic E-state index is 3.51. The summed E-state index contributed by atoms with van der Waals surface area (Å²) >= 11 is 0. The van der Waals surface area contributed by atoms with E-state index >= 15 is 0 Å². The highest BCUT2D eigenvalue weighted by Gasteiger charge is 2.17. The molecule has 0 bridgehead atoms. The summed E-state index contributed by atoms with van der Waals surface area (Å²) in [4.78, 5) is 2.58. The van der Waals surface area contributed by atoms with E-state index in [-0.39, 0.29) is 0 Å². The van der Waals surface area contributed by atoms with Gasteiger partial charge in [0.15, 0.2) is 0 Å². The van der Waals surface area contributed by atoms with Gasteiger partial charge in [0.05, 0.1) is 0 Å². The second-order valence-corrected chi connectivity index (χ2v) is 5.60. The van der Waals surface area contributed by atoms with Crippen molar-refractivity contribution >= 4 is 0 Å². The molecule has 15 heavy (non-hydrogen) atoms. The smallest absolute Gasteiger partial charge is 0.0195 e. The third kappa shape index (κ3) is 6.91. The molecule has 0 aliphatic rings. The van der Waals surface area contributed by atoms with Gasteiger partial charge in [-0.15, -0.1) is 0 Å². The van der Waals surface area contributed by atoms with Gasteiger partial charge in [0, 0.05) is 31.2 Å². The Labute approximate surface area is 96.4 Å². The molecule has 0 aliphatic heterocycles. The summed E-state index contributed by atoms with van der Waals surface area (Å²) in [6.07, 6.45) is 0. The second kappa shape index (κ2) is 7.24. The van der Waals surface area contributed by atoms with E-state index in [1.807, 2.05) is 0 Å². The van der Waals surface area contributed by atoms with Gasteiger partial charge in [-0.1, -0.05) is 27.7 Å². The van der Waals surface area contributed by atoms with Crippen LogP contribution in [0.4, 0.5) is 0 Å². The first kappa shape index (κ1) is 14.9. The molecule has 0 rings (SSSR count). The molecule has 0 aromatic rings. The normalized spacial score (nSPS) is 14.6. The van der Waals surface area contributed by atoms with Crippen LogP contribution < -0.4 is 5.32 Å². The highest BCUT2D eigenvalue weighted by atomic mass is 15.2. The van der Waals surface area contributed by atoms with E-state index in [4.69, 9.17) is 0 Å². The summed E-state index contributed by atoms with van der Waals surface area (Å²) in [6, 6.07) is 1.84. The van der Waals surface area contributed by atoms with Crippen LogP contribution in [-0.4, -0.2) is 36.1 Å². The third-order valence-electron chi connectivity index (χ3n) is 2.63. The van der Waals surface area contributed by atoms with Crippen LogP contribution in [0.25, 0.3) is 0 Å². The number of hydrogen-bond donors (Lipinski definition) is 1. The van der Waals surface area contributed by atoms with Gasteiger partial charge in [-0.05, 0) is 26.7 Å². The summed E-state index contributed by atoms with van der Waals surface area (Å²) in [5.41, 5.74) is 0. The van der Waals surface area contributed by atoms with Crippen LogP contribution in [0.2, 0.25) is 0 Å².